The van der Waals surface area contributed by atoms with Crippen LogP contribution in [0.25, 0.3) is 0 Å². The van der Waals surface area contributed by atoms with Crippen LogP contribution in [-0.2, 0) is 4.79 Å². The number of piperidine rings is 1. The molecule has 1 aliphatic rings. The Morgan fingerprint density at radius 2 is 2.56 bits per heavy atom. The maximum Gasteiger partial charge on any atom is 0.220 e. The Morgan fingerprint density at radius 3 is 3.12 bits per heavy atom. The number of hydrogen-bond acceptors (Lipinski definition) is 4. The first-order chi connectivity index (χ1) is 7.65. The molecule has 1 fully saturated rings. The molecule has 0 aliphatic carbocycles. The minimum absolute atomic E-state index is 0.155. The van der Waals surface area contributed by atoms with E-state index in [-0.39, 0.29) is 11.9 Å². The van der Waals surface area contributed by atoms with Crippen molar-refractivity contribution in [3.05, 3.63) is 15.0 Å². The molecular formula is C10H14BrN3OS. The molecule has 16 heavy (non-hydrogen) atoms. The summed E-state index contributed by atoms with van der Waals surface area (Å²) in [6.45, 7) is 2.82. The monoisotopic (exact) mass is 303 g/mol. The van der Waals surface area contributed by atoms with Gasteiger partial charge in [-0.3, -0.25) is 4.79 Å². The summed E-state index contributed by atoms with van der Waals surface area (Å²) in [7, 11) is 0. The molecular weight excluding hydrogens is 290 g/mol. The largest absolute Gasteiger partial charge is 0.355 e. The predicted octanol–water partition coefficient (Wildman–Crippen LogP) is 1.83. The molecule has 1 aromatic heterocycles. The summed E-state index contributed by atoms with van der Waals surface area (Å²) in [5, 5.41) is 7.42. The molecule has 1 aliphatic heterocycles. The van der Waals surface area contributed by atoms with Crippen LogP contribution in [0.1, 0.15) is 30.8 Å². The van der Waals surface area contributed by atoms with E-state index >= 15 is 0 Å². The van der Waals surface area contributed by atoms with Gasteiger partial charge in [-0.1, -0.05) is 0 Å². The summed E-state index contributed by atoms with van der Waals surface area (Å²) < 4.78 is 1.05. The second-order valence-electron chi connectivity index (χ2n) is 3.93. The van der Waals surface area contributed by atoms with Gasteiger partial charge in [0.05, 0.1) is 16.0 Å². The lowest BCUT2D eigenvalue weighted by molar-refractivity contribution is -0.122. The summed E-state index contributed by atoms with van der Waals surface area (Å²) in [5.41, 5.74) is 0. The summed E-state index contributed by atoms with van der Waals surface area (Å²) >= 11 is 5.05. The molecule has 1 saturated heterocycles. The van der Waals surface area contributed by atoms with E-state index in [1.165, 1.54) is 0 Å². The van der Waals surface area contributed by atoms with Gasteiger partial charge in [0, 0.05) is 19.0 Å². The number of carbonyl (C=O) groups is 1. The standard InChI is InChI=1S/C10H14BrN3OS/c1-6(10-13-5-8(11)16-10)14-7-2-3-9(15)12-4-7/h5-7,14H,2-4H2,1H3,(H,12,15). The Labute approximate surface area is 107 Å². The molecule has 1 amide bonds. The first kappa shape index (κ1) is 12.0. The highest BCUT2D eigenvalue weighted by Crippen LogP contribution is 2.24. The van der Waals surface area contributed by atoms with E-state index in [0.29, 0.717) is 12.5 Å². The van der Waals surface area contributed by atoms with Crippen LogP contribution < -0.4 is 10.6 Å². The highest BCUT2D eigenvalue weighted by Gasteiger charge is 2.20. The van der Waals surface area contributed by atoms with Crippen molar-refractivity contribution in [3.63, 3.8) is 0 Å². The normalized spacial score (nSPS) is 22.9. The van der Waals surface area contributed by atoms with E-state index in [9.17, 15) is 4.79 Å². The number of aromatic nitrogens is 1. The van der Waals surface area contributed by atoms with Crippen LogP contribution in [0.2, 0.25) is 0 Å². The number of amides is 1. The van der Waals surface area contributed by atoms with Crippen LogP contribution in [0.3, 0.4) is 0 Å². The minimum Gasteiger partial charge on any atom is -0.355 e. The summed E-state index contributed by atoms with van der Waals surface area (Å²) in [5.74, 6) is 0.155. The van der Waals surface area contributed by atoms with Crippen molar-refractivity contribution in [2.75, 3.05) is 6.54 Å². The maximum absolute atomic E-state index is 11.0. The van der Waals surface area contributed by atoms with E-state index in [4.69, 9.17) is 0 Å². The second-order valence-corrected chi connectivity index (χ2v) is 6.37. The van der Waals surface area contributed by atoms with Gasteiger partial charge in [0.1, 0.15) is 5.01 Å². The zero-order valence-corrected chi connectivity index (χ0v) is 11.4. The van der Waals surface area contributed by atoms with E-state index in [0.717, 1.165) is 21.8 Å². The van der Waals surface area contributed by atoms with E-state index in [2.05, 4.69) is 38.5 Å². The van der Waals surface area contributed by atoms with Gasteiger partial charge in [0.15, 0.2) is 0 Å². The molecule has 88 valence electrons. The number of halogens is 1. The number of nitrogens with one attached hydrogen (secondary N) is 2. The number of nitrogens with zero attached hydrogens (tertiary/aromatic N) is 1. The Morgan fingerprint density at radius 1 is 1.75 bits per heavy atom. The highest BCUT2D eigenvalue weighted by atomic mass is 79.9. The van der Waals surface area contributed by atoms with Gasteiger partial charge >= 0.3 is 0 Å². The fourth-order valence-corrected chi connectivity index (χ4v) is 3.02. The molecule has 0 aromatic carbocycles. The van der Waals surface area contributed by atoms with Crippen molar-refractivity contribution >= 4 is 33.2 Å². The average molecular weight is 304 g/mol. The van der Waals surface area contributed by atoms with Crippen molar-refractivity contribution in [1.29, 1.82) is 0 Å². The van der Waals surface area contributed by atoms with Crippen LogP contribution in [0.5, 0.6) is 0 Å². The zero-order chi connectivity index (χ0) is 11.5. The molecule has 6 heteroatoms. The summed E-state index contributed by atoms with van der Waals surface area (Å²) in [4.78, 5) is 15.3. The van der Waals surface area contributed by atoms with E-state index in [1.54, 1.807) is 11.3 Å². The number of rotatable bonds is 3. The zero-order valence-electron chi connectivity index (χ0n) is 9.00. The lowest BCUT2D eigenvalue weighted by Crippen LogP contribution is -2.46. The fourth-order valence-electron chi connectivity index (χ4n) is 1.77. The van der Waals surface area contributed by atoms with Crippen molar-refractivity contribution in [3.8, 4) is 0 Å². The molecule has 0 spiro atoms. The van der Waals surface area contributed by atoms with Crippen molar-refractivity contribution in [1.82, 2.24) is 15.6 Å². The Hall–Kier alpha value is -0.460. The molecule has 2 rings (SSSR count). The summed E-state index contributed by atoms with van der Waals surface area (Å²) in [6.07, 6.45) is 3.34. The molecule has 2 unspecified atom stereocenters. The topological polar surface area (TPSA) is 54.0 Å². The molecule has 2 N–H and O–H groups in total. The van der Waals surface area contributed by atoms with Gasteiger partial charge in [-0.2, -0.15) is 0 Å². The number of hydrogen-bond donors (Lipinski definition) is 2. The van der Waals surface area contributed by atoms with E-state index in [1.807, 2.05) is 6.20 Å². The maximum atomic E-state index is 11.0. The first-order valence-electron chi connectivity index (χ1n) is 5.29. The Balaban J connectivity index is 1.87. The first-order valence-corrected chi connectivity index (χ1v) is 6.90. The van der Waals surface area contributed by atoms with Crippen LogP contribution >= 0.6 is 27.3 Å². The third-order valence-corrected chi connectivity index (χ3v) is 4.28. The quantitative estimate of drug-likeness (QED) is 0.896. The third kappa shape index (κ3) is 3.02. The highest BCUT2D eigenvalue weighted by molar-refractivity contribution is 9.11. The molecule has 4 nitrogen and oxygen atoms in total. The van der Waals surface area contributed by atoms with Crippen LogP contribution in [0.15, 0.2) is 9.98 Å². The van der Waals surface area contributed by atoms with Crippen molar-refractivity contribution in [2.45, 2.75) is 31.8 Å². The van der Waals surface area contributed by atoms with Crippen molar-refractivity contribution in [2.24, 2.45) is 0 Å². The van der Waals surface area contributed by atoms with Gasteiger partial charge < -0.3 is 10.6 Å². The summed E-state index contributed by atoms with van der Waals surface area (Å²) in [6, 6.07) is 0.590. The molecule has 2 heterocycles. The Kier molecular flexibility index (Phi) is 3.94. The fraction of sp³-hybridized carbons (Fsp3) is 0.600. The minimum atomic E-state index is 0.155. The van der Waals surface area contributed by atoms with Gasteiger partial charge in [-0.15, -0.1) is 11.3 Å². The van der Waals surface area contributed by atoms with Crippen LogP contribution in [0, 0.1) is 0 Å². The third-order valence-electron chi connectivity index (χ3n) is 2.62. The smallest absolute Gasteiger partial charge is 0.220 e. The number of carbonyl (C=O) groups excluding carboxylic acids is 1. The number of thiazole rings is 1. The van der Waals surface area contributed by atoms with E-state index < -0.39 is 0 Å². The van der Waals surface area contributed by atoms with Gasteiger partial charge in [-0.25, -0.2) is 4.98 Å². The lowest BCUT2D eigenvalue weighted by atomic mass is 10.1. The lowest BCUT2D eigenvalue weighted by Gasteiger charge is -2.26. The Bertz CT molecular complexity index is 372. The average Bonchev–Trinajstić information content (AvgIpc) is 2.68. The van der Waals surface area contributed by atoms with Crippen LogP contribution in [-0.4, -0.2) is 23.5 Å². The molecule has 1 aromatic rings. The molecule has 0 saturated carbocycles. The van der Waals surface area contributed by atoms with Gasteiger partial charge in [-0.05, 0) is 29.3 Å². The second kappa shape index (κ2) is 5.25. The predicted molar refractivity (Wildman–Crippen MR) is 67.4 cm³/mol. The SMILES string of the molecule is CC(NC1CCC(=O)NC1)c1ncc(Br)s1. The van der Waals surface area contributed by atoms with Crippen LogP contribution in [0.4, 0.5) is 0 Å². The molecule has 0 bridgehead atoms. The van der Waals surface area contributed by atoms with Gasteiger partial charge in [0.25, 0.3) is 0 Å². The van der Waals surface area contributed by atoms with Gasteiger partial charge in [0.2, 0.25) is 5.91 Å². The molecule has 0 radical (unpaired) electrons. The van der Waals surface area contributed by atoms with Crippen molar-refractivity contribution < 1.29 is 4.79 Å². The molecule has 2 atom stereocenters.